The Kier molecular flexibility index (Phi) is 2.78. The van der Waals surface area contributed by atoms with Crippen LogP contribution in [0.3, 0.4) is 0 Å². The number of amides is 1. The van der Waals surface area contributed by atoms with Gasteiger partial charge in [0.25, 0.3) is 0 Å². The molecule has 4 N–H and O–H groups in total. The van der Waals surface area contributed by atoms with Gasteiger partial charge in [0.2, 0.25) is 5.91 Å². The topological polar surface area (TPSA) is 109 Å². The van der Waals surface area contributed by atoms with E-state index in [-0.39, 0.29) is 12.0 Å². The van der Waals surface area contributed by atoms with Crippen LogP contribution in [-0.2, 0) is 11.2 Å². The lowest BCUT2D eigenvalue weighted by molar-refractivity contribution is -0.125. The maximum absolute atomic E-state index is 11.1. The van der Waals surface area contributed by atoms with Gasteiger partial charge in [0.15, 0.2) is 0 Å². The number of aromatic nitrogens is 2. The van der Waals surface area contributed by atoms with Crippen LogP contribution in [-0.4, -0.2) is 27.2 Å². The fraction of sp³-hybridized carbons (Fsp3) is 0.444. The summed E-state index contributed by atoms with van der Waals surface area (Å²) >= 11 is 0. The second kappa shape index (κ2) is 3.72. The SMILES string of the molecule is CC(C)(Cc1[nH]ncc1C(=O)O)C(N)=O. The van der Waals surface area contributed by atoms with Crippen molar-refractivity contribution in [1.82, 2.24) is 10.2 Å². The molecule has 0 atom stereocenters. The van der Waals surface area contributed by atoms with Crippen molar-refractivity contribution in [3.63, 3.8) is 0 Å². The molecule has 0 fully saturated rings. The van der Waals surface area contributed by atoms with E-state index in [1.165, 1.54) is 6.20 Å². The minimum Gasteiger partial charge on any atom is -0.478 e. The van der Waals surface area contributed by atoms with Crippen LogP contribution in [0.25, 0.3) is 0 Å². The largest absolute Gasteiger partial charge is 0.478 e. The van der Waals surface area contributed by atoms with Crippen LogP contribution in [0.4, 0.5) is 0 Å². The summed E-state index contributed by atoms with van der Waals surface area (Å²) in [6.07, 6.45) is 1.44. The molecule has 0 aliphatic carbocycles. The minimum absolute atomic E-state index is 0.0734. The molecule has 1 amide bonds. The van der Waals surface area contributed by atoms with Crippen molar-refractivity contribution in [2.24, 2.45) is 11.1 Å². The summed E-state index contributed by atoms with van der Waals surface area (Å²) < 4.78 is 0. The van der Waals surface area contributed by atoms with E-state index in [1.54, 1.807) is 13.8 Å². The Morgan fingerprint density at radius 2 is 2.20 bits per heavy atom. The highest BCUT2D eigenvalue weighted by Crippen LogP contribution is 2.21. The molecule has 6 heteroatoms. The first-order chi connectivity index (χ1) is 6.84. The molecule has 0 aliphatic heterocycles. The van der Waals surface area contributed by atoms with Gasteiger partial charge in [0.05, 0.1) is 11.9 Å². The molecule has 15 heavy (non-hydrogen) atoms. The number of carbonyl (C=O) groups excluding carboxylic acids is 1. The molecule has 1 aromatic rings. The van der Waals surface area contributed by atoms with Gasteiger partial charge in [-0.15, -0.1) is 0 Å². The van der Waals surface area contributed by atoms with Gasteiger partial charge >= 0.3 is 5.97 Å². The van der Waals surface area contributed by atoms with Crippen LogP contribution >= 0.6 is 0 Å². The third kappa shape index (κ3) is 2.34. The van der Waals surface area contributed by atoms with Crippen molar-refractivity contribution in [3.05, 3.63) is 17.5 Å². The summed E-state index contributed by atoms with van der Waals surface area (Å²) in [4.78, 5) is 21.8. The number of hydrogen-bond acceptors (Lipinski definition) is 3. The van der Waals surface area contributed by atoms with Gasteiger partial charge in [-0.3, -0.25) is 9.89 Å². The average Bonchev–Trinajstić information content (AvgIpc) is 2.51. The van der Waals surface area contributed by atoms with Gasteiger partial charge in [-0.05, 0) is 0 Å². The zero-order chi connectivity index (χ0) is 11.6. The number of aromatic carboxylic acids is 1. The first-order valence-electron chi connectivity index (χ1n) is 4.40. The lowest BCUT2D eigenvalue weighted by Crippen LogP contribution is -2.33. The molecule has 0 saturated heterocycles. The number of H-pyrrole nitrogens is 1. The van der Waals surface area contributed by atoms with E-state index in [4.69, 9.17) is 10.8 Å². The summed E-state index contributed by atoms with van der Waals surface area (Å²) in [5.41, 5.74) is 4.88. The lowest BCUT2D eigenvalue weighted by atomic mass is 9.86. The molecule has 0 radical (unpaired) electrons. The van der Waals surface area contributed by atoms with E-state index in [9.17, 15) is 9.59 Å². The number of primary amides is 1. The van der Waals surface area contributed by atoms with Gasteiger partial charge in [-0.2, -0.15) is 5.10 Å². The van der Waals surface area contributed by atoms with Crippen molar-refractivity contribution >= 4 is 11.9 Å². The maximum atomic E-state index is 11.1. The third-order valence-electron chi connectivity index (χ3n) is 2.23. The summed E-state index contributed by atoms with van der Waals surface area (Å²) in [6.45, 7) is 3.31. The minimum atomic E-state index is -1.07. The molecule has 1 aromatic heterocycles. The fourth-order valence-corrected chi connectivity index (χ4v) is 1.16. The summed E-state index contributed by atoms with van der Waals surface area (Å²) in [6, 6.07) is 0. The summed E-state index contributed by atoms with van der Waals surface area (Å²) in [5.74, 6) is -1.55. The Balaban J connectivity index is 2.95. The Labute approximate surface area is 86.5 Å². The fourth-order valence-electron chi connectivity index (χ4n) is 1.16. The Hall–Kier alpha value is -1.85. The van der Waals surface area contributed by atoms with Gasteiger partial charge in [0, 0.05) is 11.8 Å². The quantitative estimate of drug-likeness (QED) is 0.659. The molecule has 6 nitrogen and oxygen atoms in total. The normalized spacial score (nSPS) is 11.3. The predicted molar refractivity (Wildman–Crippen MR) is 52.2 cm³/mol. The number of carbonyl (C=O) groups is 2. The van der Waals surface area contributed by atoms with E-state index < -0.39 is 17.3 Å². The van der Waals surface area contributed by atoms with E-state index >= 15 is 0 Å². The number of rotatable bonds is 4. The maximum Gasteiger partial charge on any atom is 0.339 e. The van der Waals surface area contributed by atoms with Crippen LogP contribution in [0.15, 0.2) is 6.20 Å². The third-order valence-corrected chi connectivity index (χ3v) is 2.23. The number of carboxylic acid groups (broad SMARTS) is 1. The molecule has 1 heterocycles. The van der Waals surface area contributed by atoms with E-state index in [0.717, 1.165) is 0 Å². The Bertz CT molecular complexity index is 395. The van der Waals surface area contributed by atoms with Crippen molar-refractivity contribution in [2.75, 3.05) is 0 Å². The molecular formula is C9H13N3O3. The highest BCUT2D eigenvalue weighted by atomic mass is 16.4. The zero-order valence-corrected chi connectivity index (χ0v) is 8.57. The van der Waals surface area contributed by atoms with Crippen molar-refractivity contribution in [3.8, 4) is 0 Å². The summed E-state index contributed by atoms with van der Waals surface area (Å²) in [5, 5.41) is 15.0. The molecule has 1 rings (SSSR count). The van der Waals surface area contributed by atoms with Crippen molar-refractivity contribution in [2.45, 2.75) is 20.3 Å². The molecule has 0 unspecified atom stereocenters. The van der Waals surface area contributed by atoms with E-state index in [2.05, 4.69) is 10.2 Å². The molecule has 0 saturated carbocycles. The monoisotopic (exact) mass is 211 g/mol. The number of nitrogens with zero attached hydrogens (tertiary/aromatic N) is 1. The van der Waals surface area contributed by atoms with Crippen LogP contribution in [0.1, 0.15) is 29.9 Å². The lowest BCUT2D eigenvalue weighted by Gasteiger charge is -2.19. The molecule has 0 spiro atoms. The molecule has 0 aliphatic rings. The number of nitrogens with two attached hydrogens (primary N) is 1. The zero-order valence-electron chi connectivity index (χ0n) is 8.57. The van der Waals surface area contributed by atoms with Crippen molar-refractivity contribution < 1.29 is 14.7 Å². The first-order valence-corrected chi connectivity index (χ1v) is 4.40. The van der Waals surface area contributed by atoms with Gasteiger partial charge < -0.3 is 10.8 Å². The number of carboxylic acids is 1. The average molecular weight is 211 g/mol. The van der Waals surface area contributed by atoms with Gasteiger partial charge in [-0.1, -0.05) is 13.8 Å². The van der Waals surface area contributed by atoms with E-state index in [1.807, 2.05) is 0 Å². The van der Waals surface area contributed by atoms with Gasteiger partial charge in [-0.25, -0.2) is 4.79 Å². The smallest absolute Gasteiger partial charge is 0.339 e. The van der Waals surface area contributed by atoms with E-state index in [0.29, 0.717) is 5.69 Å². The number of hydrogen-bond donors (Lipinski definition) is 3. The van der Waals surface area contributed by atoms with Crippen LogP contribution in [0, 0.1) is 5.41 Å². The molecule has 0 bridgehead atoms. The van der Waals surface area contributed by atoms with Crippen LogP contribution < -0.4 is 5.73 Å². The highest BCUT2D eigenvalue weighted by molar-refractivity contribution is 5.89. The van der Waals surface area contributed by atoms with Crippen molar-refractivity contribution in [1.29, 1.82) is 0 Å². The second-order valence-electron chi connectivity index (χ2n) is 3.99. The molecular weight excluding hydrogens is 198 g/mol. The predicted octanol–water partition coefficient (Wildman–Crippen LogP) is 0.162. The molecule has 82 valence electrons. The highest BCUT2D eigenvalue weighted by Gasteiger charge is 2.28. The number of aromatic amines is 1. The second-order valence-corrected chi connectivity index (χ2v) is 3.99. The van der Waals surface area contributed by atoms with Gasteiger partial charge in [0.1, 0.15) is 5.56 Å². The molecule has 0 aromatic carbocycles. The number of nitrogens with one attached hydrogen (secondary N) is 1. The summed E-state index contributed by atoms with van der Waals surface area (Å²) in [7, 11) is 0. The Morgan fingerprint density at radius 3 is 2.67 bits per heavy atom. The van der Waals surface area contributed by atoms with Crippen LogP contribution in [0.2, 0.25) is 0 Å². The standard InChI is InChI=1S/C9H13N3O3/c1-9(2,8(10)15)3-6-5(7(13)14)4-11-12-6/h4H,3H2,1-2H3,(H2,10,15)(H,11,12)(H,13,14). The Morgan fingerprint density at radius 1 is 1.60 bits per heavy atom. The first kappa shape index (κ1) is 11.2. The van der Waals surface area contributed by atoms with Crippen LogP contribution in [0.5, 0.6) is 0 Å².